The molecular weight excluding hydrogens is 271 g/mol. The van der Waals surface area contributed by atoms with Crippen LogP contribution in [0.3, 0.4) is 0 Å². The molecule has 1 rings (SSSR count). The van der Waals surface area contributed by atoms with Crippen LogP contribution in [0.15, 0.2) is 35.9 Å². The van der Waals surface area contributed by atoms with Crippen LogP contribution >= 0.6 is 0 Å². The molecular formula is C14H16F3NO2. The topological polar surface area (TPSA) is 49.3 Å². The number of alkyl halides is 3. The maximum atomic E-state index is 12.7. The summed E-state index contributed by atoms with van der Waals surface area (Å²) in [6.45, 7) is 1.95. The third-order valence-corrected chi connectivity index (χ3v) is 2.79. The van der Waals surface area contributed by atoms with Crippen LogP contribution < -0.4 is 5.32 Å². The van der Waals surface area contributed by atoms with Gasteiger partial charge in [-0.1, -0.05) is 31.2 Å². The number of benzene rings is 1. The van der Waals surface area contributed by atoms with Gasteiger partial charge < -0.3 is 10.4 Å². The van der Waals surface area contributed by atoms with Gasteiger partial charge in [0.25, 0.3) is 0 Å². The van der Waals surface area contributed by atoms with Gasteiger partial charge in [0.15, 0.2) is 0 Å². The zero-order valence-corrected chi connectivity index (χ0v) is 11.0. The van der Waals surface area contributed by atoms with E-state index >= 15 is 0 Å². The Balaban J connectivity index is 2.66. The minimum Gasteiger partial charge on any atom is -0.478 e. The number of hydrogen-bond acceptors (Lipinski definition) is 2. The van der Waals surface area contributed by atoms with E-state index in [0.717, 1.165) is 6.07 Å². The largest absolute Gasteiger partial charge is 0.478 e. The van der Waals surface area contributed by atoms with Crippen LogP contribution in [0, 0.1) is 0 Å². The van der Waals surface area contributed by atoms with E-state index in [1.54, 1.807) is 6.92 Å². The van der Waals surface area contributed by atoms with E-state index in [4.69, 9.17) is 5.11 Å². The molecule has 0 fully saturated rings. The Morgan fingerprint density at radius 2 is 2.00 bits per heavy atom. The van der Waals surface area contributed by atoms with Gasteiger partial charge in [0.2, 0.25) is 0 Å². The maximum Gasteiger partial charge on any atom is 0.416 e. The number of halogens is 3. The van der Waals surface area contributed by atoms with Crippen molar-refractivity contribution in [1.29, 1.82) is 0 Å². The first-order chi connectivity index (χ1) is 9.36. The Morgan fingerprint density at radius 1 is 1.35 bits per heavy atom. The molecule has 3 nitrogen and oxygen atoms in total. The van der Waals surface area contributed by atoms with Gasteiger partial charge in [0, 0.05) is 18.7 Å². The number of nitrogens with one attached hydrogen (secondary N) is 1. The molecule has 0 aromatic heterocycles. The van der Waals surface area contributed by atoms with Crippen molar-refractivity contribution in [3.63, 3.8) is 0 Å². The third kappa shape index (κ3) is 4.70. The number of carboxylic acid groups (broad SMARTS) is 1. The molecule has 1 aromatic rings. The van der Waals surface area contributed by atoms with Gasteiger partial charge >= 0.3 is 12.1 Å². The second kappa shape index (κ2) is 7.09. The first-order valence-electron chi connectivity index (χ1n) is 6.14. The van der Waals surface area contributed by atoms with E-state index in [1.165, 1.54) is 24.3 Å². The van der Waals surface area contributed by atoms with E-state index in [9.17, 15) is 18.0 Å². The fraction of sp³-hybridized carbons (Fsp3) is 0.357. The van der Waals surface area contributed by atoms with Crippen molar-refractivity contribution >= 4 is 5.97 Å². The minimum atomic E-state index is -4.39. The van der Waals surface area contributed by atoms with E-state index in [0.29, 0.717) is 6.42 Å². The molecule has 0 atom stereocenters. The smallest absolute Gasteiger partial charge is 0.416 e. The molecule has 0 spiro atoms. The molecule has 0 radical (unpaired) electrons. The fourth-order valence-corrected chi connectivity index (χ4v) is 1.74. The summed E-state index contributed by atoms with van der Waals surface area (Å²) in [5.74, 6) is -1.01. The fourth-order valence-electron chi connectivity index (χ4n) is 1.74. The molecule has 20 heavy (non-hydrogen) atoms. The van der Waals surface area contributed by atoms with Gasteiger partial charge in [0.05, 0.1) is 5.56 Å². The summed E-state index contributed by atoms with van der Waals surface area (Å²) in [7, 11) is 0. The number of hydrogen-bond donors (Lipinski definition) is 2. The van der Waals surface area contributed by atoms with Crippen molar-refractivity contribution in [2.75, 3.05) is 6.54 Å². The van der Waals surface area contributed by atoms with Crippen molar-refractivity contribution in [2.45, 2.75) is 26.1 Å². The average molecular weight is 287 g/mol. The molecule has 0 amide bonds. The second-order valence-electron chi connectivity index (χ2n) is 4.17. The quantitative estimate of drug-likeness (QED) is 0.624. The van der Waals surface area contributed by atoms with E-state index in [1.807, 2.05) is 0 Å². The van der Waals surface area contributed by atoms with E-state index in [2.05, 4.69) is 5.32 Å². The average Bonchev–Trinajstić information content (AvgIpc) is 2.37. The number of carbonyl (C=O) groups is 1. The Bertz CT molecular complexity index is 495. The van der Waals surface area contributed by atoms with Crippen LogP contribution in [-0.4, -0.2) is 17.6 Å². The molecule has 0 heterocycles. The summed E-state index contributed by atoms with van der Waals surface area (Å²) in [4.78, 5) is 10.7. The maximum absolute atomic E-state index is 12.7. The number of carboxylic acids is 1. The summed E-state index contributed by atoms with van der Waals surface area (Å²) in [6, 6.07) is 5.31. The minimum absolute atomic E-state index is 0.0306. The first-order valence-corrected chi connectivity index (χ1v) is 6.14. The number of rotatable bonds is 6. The molecule has 0 aliphatic rings. The molecule has 1 aromatic carbocycles. The highest BCUT2D eigenvalue weighted by molar-refractivity contribution is 5.86. The van der Waals surface area contributed by atoms with Crippen molar-refractivity contribution in [1.82, 2.24) is 5.32 Å². The van der Waals surface area contributed by atoms with Crippen LogP contribution in [0.25, 0.3) is 0 Å². The first kappa shape index (κ1) is 16.2. The Labute approximate surface area is 115 Å². The molecule has 0 aliphatic carbocycles. The van der Waals surface area contributed by atoms with Crippen LogP contribution in [-0.2, 0) is 17.5 Å². The van der Waals surface area contributed by atoms with E-state index in [-0.39, 0.29) is 24.2 Å². The lowest BCUT2D eigenvalue weighted by Crippen LogP contribution is -2.18. The number of aliphatic carboxylic acids is 1. The van der Waals surface area contributed by atoms with Crippen LogP contribution in [0.1, 0.15) is 24.5 Å². The van der Waals surface area contributed by atoms with Crippen LogP contribution in [0.2, 0.25) is 0 Å². The SMILES string of the molecule is CC/C(=C/CNCc1ccccc1C(F)(F)F)C(=O)O. The van der Waals surface area contributed by atoms with Gasteiger partial charge in [-0.05, 0) is 18.1 Å². The summed E-state index contributed by atoms with van der Waals surface area (Å²) < 4.78 is 38.2. The lowest BCUT2D eigenvalue weighted by Gasteiger charge is -2.12. The Morgan fingerprint density at radius 3 is 2.55 bits per heavy atom. The van der Waals surface area contributed by atoms with Gasteiger partial charge in [-0.25, -0.2) is 4.79 Å². The molecule has 110 valence electrons. The zero-order chi connectivity index (χ0) is 15.2. The van der Waals surface area contributed by atoms with Crippen molar-refractivity contribution in [2.24, 2.45) is 0 Å². The standard InChI is InChI=1S/C14H16F3NO2/c1-2-10(13(19)20)7-8-18-9-11-5-3-4-6-12(11)14(15,16)17/h3-7,18H,2,8-9H2,1H3,(H,19,20)/b10-7-. The molecule has 0 saturated heterocycles. The summed E-state index contributed by atoms with van der Waals surface area (Å²) in [5.41, 5.74) is -0.297. The van der Waals surface area contributed by atoms with Crippen LogP contribution in [0.5, 0.6) is 0 Å². The lowest BCUT2D eigenvalue weighted by atomic mass is 10.1. The highest BCUT2D eigenvalue weighted by Gasteiger charge is 2.32. The molecule has 0 unspecified atom stereocenters. The monoisotopic (exact) mass is 287 g/mol. The lowest BCUT2D eigenvalue weighted by molar-refractivity contribution is -0.138. The molecule has 0 saturated carbocycles. The Hall–Kier alpha value is -1.82. The third-order valence-electron chi connectivity index (χ3n) is 2.79. The van der Waals surface area contributed by atoms with Crippen LogP contribution in [0.4, 0.5) is 13.2 Å². The predicted octanol–water partition coefficient (Wildman–Crippen LogP) is 3.22. The van der Waals surface area contributed by atoms with Crippen molar-refractivity contribution < 1.29 is 23.1 Å². The Kier molecular flexibility index (Phi) is 5.76. The zero-order valence-electron chi connectivity index (χ0n) is 11.0. The molecule has 0 aliphatic heterocycles. The predicted molar refractivity (Wildman–Crippen MR) is 69.2 cm³/mol. The molecule has 2 N–H and O–H groups in total. The summed E-state index contributed by atoms with van der Waals surface area (Å²) in [6.07, 6.45) is -2.54. The summed E-state index contributed by atoms with van der Waals surface area (Å²) >= 11 is 0. The molecule has 0 bridgehead atoms. The summed E-state index contributed by atoms with van der Waals surface area (Å²) in [5, 5.41) is 11.6. The normalized spacial score (nSPS) is 12.5. The highest BCUT2D eigenvalue weighted by Crippen LogP contribution is 2.31. The molecule has 6 heteroatoms. The van der Waals surface area contributed by atoms with Gasteiger partial charge in [0.1, 0.15) is 0 Å². The van der Waals surface area contributed by atoms with Gasteiger partial charge in [-0.15, -0.1) is 0 Å². The van der Waals surface area contributed by atoms with Gasteiger partial charge in [-0.3, -0.25) is 0 Å². The van der Waals surface area contributed by atoms with Crippen molar-refractivity contribution in [3.05, 3.63) is 47.0 Å². The van der Waals surface area contributed by atoms with E-state index < -0.39 is 17.7 Å². The highest BCUT2D eigenvalue weighted by atomic mass is 19.4. The van der Waals surface area contributed by atoms with Crippen molar-refractivity contribution in [3.8, 4) is 0 Å². The second-order valence-corrected chi connectivity index (χ2v) is 4.17. The van der Waals surface area contributed by atoms with Gasteiger partial charge in [-0.2, -0.15) is 13.2 Å².